The lowest BCUT2D eigenvalue weighted by Gasteiger charge is -2.28. The van der Waals surface area contributed by atoms with E-state index in [-0.39, 0.29) is 24.4 Å². The molecule has 9 nitrogen and oxygen atoms in total. The van der Waals surface area contributed by atoms with Gasteiger partial charge in [0.15, 0.2) is 6.61 Å². The SMILES string of the molecule is CCOC(=O)C1=C(C)NC(C)=C(C(=O)OCC)C1C(=O)OCC(=O)Nc1ccccc1Cl. The summed E-state index contributed by atoms with van der Waals surface area (Å²) in [5.74, 6) is -4.59. The van der Waals surface area contributed by atoms with Crippen LogP contribution in [0.15, 0.2) is 46.8 Å². The third kappa shape index (κ3) is 5.88. The first kappa shape index (κ1) is 24.9. The maximum absolute atomic E-state index is 13.0. The Bertz CT molecular complexity index is 944. The van der Waals surface area contributed by atoms with E-state index in [2.05, 4.69) is 10.6 Å². The van der Waals surface area contributed by atoms with Crippen molar-refractivity contribution >= 4 is 41.1 Å². The second-order valence-corrected chi connectivity index (χ2v) is 7.12. The van der Waals surface area contributed by atoms with Crippen LogP contribution in [0.25, 0.3) is 0 Å². The fourth-order valence-corrected chi connectivity index (χ4v) is 3.34. The van der Waals surface area contributed by atoms with Crippen LogP contribution in [0.4, 0.5) is 5.69 Å². The predicted molar refractivity (Wildman–Crippen MR) is 116 cm³/mol. The smallest absolute Gasteiger partial charge is 0.337 e. The number of ether oxygens (including phenoxy) is 3. The first-order valence-corrected chi connectivity index (χ1v) is 10.3. The van der Waals surface area contributed by atoms with Crippen LogP contribution in [-0.2, 0) is 33.4 Å². The maximum Gasteiger partial charge on any atom is 0.337 e. The predicted octanol–water partition coefficient (Wildman–Crippen LogP) is 2.72. The van der Waals surface area contributed by atoms with Crippen molar-refractivity contribution in [3.63, 3.8) is 0 Å². The number of para-hydroxylation sites is 1. The normalized spacial score (nSPS) is 13.9. The molecule has 2 rings (SSSR count). The van der Waals surface area contributed by atoms with Gasteiger partial charge in [-0.25, -0.2) is 9.59 Å². The Kier molecular flexibility index (Phi) is 8.83. The van der Waals surface area contributed by atoms with E-state index in [1.54, 1.807) is 52.0 Å². The molecule has 1 aromatic rings. The zero-order valence-electron chi connectivity index (χ0n) is 18.2. The van der Waals surface area contributed by atoms with Gasteiger partial charge in [0.1, 0.15) is 5.92 Å². The molecule has 0 aromatic heterocycles. The van der Waals surface area contributed by atoms with E-state index < -0.39 is 36.3 Å². The molecule has 10 heteroatoms. The lowest BCUT2D eigenvalue weighted by molar-refractivity contribution is -0.153. The third-order valence-electron chi connectivity index (χ3n) is 4.48. The molecule has 0 saturated carbocycles. The molecule has 1 aliphatic heterocycles. The molecule has 0 atom stereocenters. The van der Waals surface area contributed by atoms with Crippen LogP contribution in [-0.4, -0.2) is 43.6 Å². The number of rotatable bonds is 8. The van der Waals surface area contributed by atoms with Gasteiger partial charge >= 0.3 is 17.9 Å². The molecule has 2 N–H and O–H groups in total. The third-order valence-corrected chi connectivity index (χ3v) is 4.81. The molecule has 1 aromatic carbocycles. The van der Waals surface area contributed by atoms with E-state index in [1.165, 1.54) is 0 Å². The van der Waals surface area contributed by atoms with Crippen LogP contribution in [0.1, 0.15) is 27.7 Å². The number of nitrogens with one attached hydrogen (secondary N) is 2. The minimum atomic E-state index is -1.41. The quantitative estimate of drug-likeness (QED) is 0.445. The van der Waals surface area contributed by atoms with Gasteiger partial charge in [-0.15, -0.1) is 0 Å². The topological polar surface area (TPSA) is 120 Å². The van der Waals surface area contributed by atoms with Crippen LogP contribution < -0.4 is 10.6 Å². The number of carbonyl (C=O) groups is 4. The fraction of sp³-hybridized carbons (Fsp3) is 0.364. The second kappa shape index (κ2) is 11.3. The number of amides is 1. The summed E-state index contributed by atoms with van der Waals surface area (Å²) >= 11 is 6.01. The highest BCUT2D eigenvalue weighted by atomic mass is 35.5. The number of hydrogen-bond donors (Lipinski definition) is 2. The Labute approximate surface area is 190 Å². The standard InChI is InChI=1S/C22H25ClN2O7/c1-5-30-20(27)17-12(3)24-13(4)18(21(28)31-6-2)19(17)22(29)32-11-16(26)25-15-10-8-7-9-14(15)23/h7-10,19,24H,5-6,11H2,1-4H3,(H,25,26). The second-order valence-electron chi connectivity index (χ2n) is 6.71. The van der Waals surface area contributed by atoms with Crippen molar-refractivity contribution in [3.05, 3.63) is 51.8 Å². The Balaban J connectivity index is 2.27. The van der Waals surface area contributed by atoms with Crippen LogP contribution in [0.3, 0.4) is 0 Å². The van der Waals surface area contributed by atoms with Crippen molar-refractivity contribution in [2.75, 3.05) is 25.1 Å². The van der Waals surface area contributed by atoms with Crippen molar-refractivity contribution in [1.29, 1.82) is 0 Å². The van der Waals surface area contributed by atoms with Crippen molar-refractivity contribution < 1.29 is 33.4 Å². The summed E-state index contributed by atoms with van der Waals surface area (Å²) in [6.45, 7) is 5.85. The van der Waals surface area contributed by atoms with Crippen molar-refractivity contribution in [2.24, 2.45) is 5.92 Å². The molecule has 0 fully saturated rings. The number of allylic oxidation sites excluding steroid dienone is 2. The van der Waals surface area contributed by atoms with Gasteiger partial charge in [-0.2, -0.15) is 0 Å². The van der Waals surface area contributed by atoms with Crippen LogP contribution in [0, 0.1) is 5.92 Å². The largest absolute Gasteiger partial charge is 0.463 e. The molecule has 0 unspecified atom stereocenters. The van der Waals surface area contributed by atoms with Crippen molar-refractivity contribution in [3.8, 4) is 0 Å². The highest BCUT2D eigenvalue weighted by Gasteiger charge is 2.42. The Morgan fingerprint density at radius 3 is 1.97 bits per heavy atom. The Hall–Kier alpha value is -3.33. The van der Waals surface area contributed by atoms with Gasteiger partial charge in [0.25, 0.3) is 5.91 Å². The molecule has 1 amide bonds. The molecule has 0 bridgehead atoms. The van der Waals surface area contributed by atoms with Crippen LogP contribution in [0.2, 0.25) is 5.02 Å². The molecular formula is C22H25ClN2O7. The number of anilines is 1. The minimum absolute atomic E-state index is 0.0645. The number of benzene rings is 1. The van der Waals surface area contributed by atoms with Gasteiger partial charge in [-0.05, 0) is 39.8 Å². The summed E-state index contributed by atoms with van der Waals surface area (Å²) < 4.78 is 15.3. The lowest BCUT2D eigenvalue weighted by atomic mass is 9.85. The monoisotopic (exact) mass is 464 g/mol. The number of halogens is 1. The van der Waals surface area contributed by atoms with Gasteiger partial charge in [0.05, 0.1) is 35.1 Å². The van der Waals surface area contributed by atoms with Gasteiger partial charge in [0, 0.05) is 11.4 Å². The van der Waals surface area contributed by atoms with Crippen molar-refractivity contribution in [2.45, 2.75) is 27.7 Å². The summed E-state index contributed by atoms with van der Waals surface area (Å²) in [5, 5.41) is 5.75. The molecule has 0 saturated heterocycles. The Morgan fingerprint density at radius 2 is 1.47 bits per heavy atom. The fourth-order valence-electron chi connectivity index (χ4n) is 3.16. The molecule has 32 heavy (non-hydrogen) atoms. The maximum atomic E-state index is 13.0. The van der Waals surface area contributed by atoms with E-state index in [0.29, 0.717) is 22.1 Å². The molecule has 0 spiro atoms. The summed E-state index contributed by atoms with van der Waals surface area (Å²) in [6.07, 6.45) is 0. The summed E-state index contributed by atoms with van der Waals surface area (Å²) in [6, 6.07) is 6.56. The van der Waals surface area contributed by atoms with Gasteiger partial charge in [-0.1, -0.05) is 23.7 Å². The van der Waals surface area contributed by atoms with E-state index in [0.717, 1.165) is 0 Å². The molecule has 1 heterocycles. The number of carbonyl (C=O) groups excluding carboxylic acids is 4. The number of hydrogen-bond acceptors (Lipinski definition) is 8. The first-order valence-electron chi connectivity index (χ1n) is 9.95. The van der Waals surface area contributed by atoms with Gasteiger partial charge in [-0.3, -0.25) is 9.59 Å². The Morgan fingerprint density at radius 1 is 0.938 bits per heavy atom. The van der Waals surface area contributed by atoms with Crippen molar-refractivity contribution in [1.82, 2.24) is 5.32 Å². The number of esters is 3. The first-order chi connectivity index (χ1) is 15.2. The summed E-state index contributed by atoms with van der Waals surface area (Å²) in [4.78, 5) is 50.4. The zero-order chi connectivity index (χ0) is 23.8. The average Bonchev–Trinajstić information content (AvgIpc) is 2.73. The average molecular weight is 465 g/mol. The van der Waals surface area contributed by atoms with Gasteiger partial charge < -0.3 is 24.8 Å². The molecule has 1 aliphatic rings. The van der Waals surface area contributed by atoms with E-state index in [1.807, 2.05) is 0 Å². The number of dihydropyridines is 1. The molecule has 172 valence electrons. The summed E-state index contributed by atoms with van der Waals surface area (Å²) in [5.41, 5.74) is 0.838. The highest BCUT2D eigenvalue weighted by Crippen LogP contribution is 2.32. The van der Waals surface area contributed by atoms with E-state index in [9.17, 15) is 19.2 Å². The minimum Gasteiger partial charge on any atom is -0.463 e. The molecule has 0 aliphatic carbocycles. The van der Waals surface area contributed by atoms with Gasteiger partial charge in [0.2, 0.25) is 0 Å². The lowest BCUT2D eigenvalue weighted by Crippen LogP contribution is -2.39. The molecule has 0 radical (unpaired) electrons. The van der Waals surface area contributed by atoms with E-state index in [4.69, 9.17) is 25.8 Å². The van der Waals surface area contributed by atoms with E-state index >= 15 is 0 Å². The summed E-state index contributed by atoms with van der Waals surface area (Å²) in [7, 11) is 0. The van der Waals surface area contributed by atoms with Crippen LogP contribution >= 0.6 is 11.6 Å². The van der Waals surface area contributed by atoms with Crippen LogP contribution in [0.5, 0.6) is 0 Å². The zero-order valence-corrected chi connectivity index (χ0v) is 19.0. The highest BCUT2D eigenvalue weighted by molar-refractivity contribution is 6.33. The molecular weight excluding hydrogens is 440 g/mol.